The summed E-state index contributed by atoms with van der Waals surface area (Å²) < 4.78 is 12.9. The van der Waals surface area contributed by atoms with E-state index >= 15 is 0 Å². The van der Waals surface area contributed by atoms with Gasteiger partial charge in [0.1, 0.15) is 17.1 Å². The number of imidazole rings is 1. The molecule has 0 spiro atoms. The Morgan fingerprint density at radius 3 is 2.68 bits per heavy atom. The maximum absolute atomic E-state index is 5.70. The third-order valence-corrected chi connectivity index (χ3v) is 4.17. The van der Waals surface area contributed by atoms with Gasteiger partial charge in [-0.05, 0) is 36.4 Å². The molecule has 0 saturated carbocycles. The molecule has 0 N–H and O–H groups in total. The molecule has 0 saturated heterocycles. The van der Waals surface area contributed by atoms with Crippen molar-refractivity contribution in [2.45, 2.75) is 5.75 Å². The van der Waals surface area contributed by atoms with Gasteiger partial charge >= 0.3 is 0 Å². The molecule has 0 bridgehead atoms. The van der Waals surface area contributed by atoms with Gasteiger partial charge in [-0.15, -0.1) is 0 Å². The molecule has 0 aliphatic rings. The monoisotopic (exact) mass is 314 g/mol. The number of fused-ring (bicyclic) bond motifs is 1. The van der Waals surface area contributed by atoms with Crippen molar-refractivity contribution in [2.24, 2.45) is 0 Å². The Morgan fingerprint density at radius 2 is 1.91 bits per heavy atom. The van der Waals surface area contributed by atoms with Crippen molar-refractivity contribution in [2.75, 3.05) is 19.5 Å². The van der Waals surface area contributed by atoms with Crippen LogP contribution in [0.1, 0.15) is 5.69 Å². The Kier molecular flexibility index (Phi) is 4.85. The molecule has 0 radical (unpaired) electrons. The standard InChI is InChI=1S/C17H18N2O2S/c1-20-15-5-7-16(8-6-15)21-10-11-22-13-14-12-19-9-3-2-4-17(19)18-14/h2-9,12H,10-11,13H2,1H3. The summed E-state index contributed by atoms with van der Waals surface area (Å²) in [5.74, 6) is 3.54. The number of aromatic nitrogens is 2. The third-order valence-electron chi connectivity index (χ3n) is 3.22. The summed E-state index contributed by atoms with van der Waals surface area (Å²) in [5, 5.41) is 0. The second-order valence-corrected chi connectivity index (χ2v) is 5.88. The second-order valence-electron chi connectivity index (χ2n) is 4.77. The number of ether oxygens (including phenoxy) is 2. The Morgan fingerprint density at radius 1 is 1.09 bits per heavy atom. The van der Waals surface area contributed by atoms with Crippen LogP contribution in [-0.2, 0) is 5.75 Å². The highest BCUT2D eigenvalue weighted by molar-refractivity contribution is 7.98. The highest BCUT2D eigenvalue weighted by atomic mass is 32.2. The maximum atomic E-state index is 5.70. The average molecular weight is 314 g/mol. The van der Waals surface area contributed by atoms with Crippen molar-refractivity contribution >= 4 is 17.4 Å². The quantitative estimate of drug-likeness (QED) is 0.624. The fraction of sp³-hybridized carbons (Fsp3) is 0.235. The normalized spacial score (nSPS) is 10.8. The number of nitrogens with zero attached hydrogens (tertiary/aromatic N) is 2. The highest BCUT2D eigenvalue weighted by Gasteiger charge is 2.01. The van der Waals surface area contributed by atoms with Crippen LogP contribution in [0, 0.1) is 0 Å². The van der Waals surface area contributed by atoms with Crippen molar-refractivity contribution in [3.63, 3.8) is 0 Å². The maximum Gasteiger partial charge on any atom is 0.137 e. The number of hydrogen-bond donors (Lipinski definition) is 0. The summed E-state index contributed by atoms with van der Waals surface area (Å²) in [7, 11) is 1.66. The van der Waals surface area contributed by atoms with E-state index in [1.54, 1.807) is 7.11 Å². The van der Waals surface area contributed by atoms with Crippen molar-refractivity contribution in [1.29, 1.82) is 0 Å². The fourth-order valence-corrected chi connectivity index (χ4v) is 2.82. The predicted octanol–water partition coefficient (Wildman–Crippen LogP) is 3.66. The molecule has 3 aromatic rings. The van der Waals surface area contributed by atoms with Crippen LogP contribution in [0.15, 0.2) is 54.9 Å². The first-order valence-corrected chi connectivity index (χ1v) is 8.28. The summed E-state index contributed by atoms with van der Waals surface area (Å²) >= 11 is 1.82. The van der Waals surface area contributed by atoms with Crippen LogP contribution in [0.5, 0.6) is 11.5 Å². The van der Waals surface area contributed by atoms with Crippen molar-refractivity contribution in [3.8, 4) is 11.5 Å². The van der Waals surface area contributed by atoms with Gasteiger partial charge in [-0.25, -0.2) is 4.98 Å². The molecule has 22 heavy (non-hydrogen) atoms. The van der Waals surface area contributed by atoms with Crippen molar-refractivity contribution < 1.29 is 9.47 Å². The zero-order chi connectivity index (χ0) is 15.2. The van der Waals surface area contributed by atoms with E-state index in [1.165, 1.54) is 0 Å². The average Bonchev–Trinajstić information content (AvgIpc) is 2.98. The van der Waals surface area contributed by atoms with Gasteiger partial charge in [0.2, 0.25) is 0 Å². The molecule has 3 rings (SSSR count). The number of benzene rings is 1. The zero-order valence-electron chi connectivity index (χ0n) is 12.4. The largest absolute Gasteiger partial charge is 0.497 e. The minimum absolute atomic E-state index is 0.685. The van der Waals surface area contributed by atoms with E-state index in [4.69, 9.17) is 9.47 Å². The first kappa shape index (κ1) is 14.8. The smallest absolute Gasteiger partial charge is 0.137 e. The second kappa shape index (κ2) is 7.22. The van der Waals surface area contributed by atoms with Crippen LogP contribution in [0.3, 0.4) is 0 Å². The predicted molar refractivity (Wildman–Crippen MR) is 89.8 cm³/mol. The SMILES string of the molecule is COc1ccc(OCCSCc2cn3ccccc3n2)cc1. The number of thioether (sulfide) groups is 1. The lowest BCUT2D eigenvalue weighted by Crippen LogP contribution is -2.00. The Bertz CT molecular complexity index is 692. The molecule has 5 heteroatoms. The Hall–Kier alpha value is -2.14. The summed E-state index contributed by atoms with van der Waals surface area (Å²) in [5.41, 5.74) is 2.09. The lowest BCUT2D eigenvalue weighted by atomic mass is 10.3. The van der Waals surface area contributed by atoms with E-state index in [-0.39, 0.29) is 0 Å². The van der Waals surface area contributed by atoms with E-state index in [0.717, 1.165) is 34.3 Å². The summed E-state index contributed by atoms with van der Waals surface area (Å²) in [6.45, 7) is 0.685. The van der Waals surface area contributed by atoms with Gasteiger partial charge in [0.05, 0.1) is 19.4 Å². The molecule has 2 heterocycles. The van der Waals surface area contributed by atoms with Crippen LogP contribution in [0.4, 0.5) is 0 Å². The molecule has 0 fully saturated rings. The molecule has 2 aromatic heterocycles. The Labute approximate surface area is 134 Å². The van der Waals surface area contributed by atoms with Gasteiger partial charge in [-0.1, -0.05) is 6.07 Å². The van der Waals surface area contributed by atoms with Crippen molar-refractivity contribution in [1.82, 2.24) is 9.38 Å². The van der Waals surface area contributed by atoms with E-state index in [2.05, 4.69) is 11.2 Å². The van der Waals surface area contributed by atoms with E-state index < -0.39 is 0 Å². The summed E-state index contributed by atoms with van der Waals surface area (Å²) in [4.78, 5) is 4.58. The van der Waals surface area contributed by atoms with Gasteiger partial charge in [0.15, 0.2) is 0 Å². The van der Waals surface area contributed by atoms with Gasteiger partial charge in [-0.2, -0.15) is 11.8 Å². The first-order chi connectivity index (χ1) is 10.8. The number of rotatable bonds is 7. The molecule has 0 unspecified atom stereocenters. The van der Waals surface area contributed by atoms with Crippen LogP contribution in [-0.4, -0.2) is 28.9 Å². The number of methoxy groups -OCH3 is 1. The summed E-state index contributed by atoms with van der Waals surface area (Å²) in [6.07, 6.45) is 4.09. The topological polar surface area (TPSA) is 35.8 Å². The molecule has 0 atom stereocenters. The summed E-state index contributed by atoms with van der Waals surface area (Å²) in [6, 6.07) is 13.7. The third kappa shape index (κ3) is 3.74. The molecule has 0 aliphatic carbocycles. The first-order valence-electron chi connectivity index (χ1n) is 7.12. The van der Waals surface area contributed by atoms with E-state index in [0.29, 0.717) is 6.61 Å². The molecule has 114 valence electrons. The van der Waals surface area contributed by atoms with Crippen LogP contribution in [0.2, 0.25) is 0 Å². The van der Waals surface area contributed by atoms with E-state index in [1.807, 2.05) is 64.8 Å². The van der Waals surface area contributed by atoms with Gasteiger partial charge in [-0.3, -0.25) is 0 Å². The lowest BCUT2D eigenvalue weighted by molar-refractivity contribution is 0.342. The minimum Gasteiger partial charge on any atom is -0.497 e. The Balaban J connectivity index is 1.41. The van der Waals surface area contributed by atoms with Gasteiger partial charge < -0.3 is 13.9 Å². The fourth-order valence-electron chi connectivity index (χ4n) is 2.12. The van der Waals surface area contributed by atoms with Gasteiger partial charge in [0.25, 0.3) is 0 Å². The number of hydrogen-bond acceptors (Lipinski definition) is 4. The zero-order valence-corrected chi connectivity index (χ0v) is 13.3. The lowest BCUT2D eigenvalue weighted by Gasteiger charge is -2.06. The van der Waals surface area contributed by atoms with E-state index in [9.17, 15) is 0 Å². The highest BCUT2D eigenvalue weighted by Crippen LogP contribution is 2.18. The molecule has 0 aliphatic heterocycles. The van der Waals surface area contributed by atoms with Crippen molar-refractivity contribution in [3.05, 3.63) is 60.6 Å². The molecular formula is C17H18N2O2S. The molecule has 0 amide bonds. The molecular weight excluding hydrogens is 296 g/mol. The van der Waals surface area contributed by atoms with Crippen LogP contribution >= 0.6 is 11.8 Å². The molecule has 1 aromatic carbocycles. The van der Waals surface area contributed by atoms with Crippen LogP contribution < -0.4 is 9.47 Å². The van der Waals surface area contributed by atoms with Gasteiger partial charge in [0, 0.05) is 23.9 Å². The van der Waals surface area contributed by atoms with Crippen LogP contribution in [0.25, 0.3) is 5.65 Å². The number of pyridine rings is 1. The minimum atomic E-state index is 0.685. The molecule has 4 nitrogen and oxygen atoms in total.